The standard InChI is InChI=1S/C28H30N6O.C6H15N/c1-2-3-9-27-31-17-24(19-35)34(27)18-20-10-12-22(13-11-20)26-16-23(21-7-5-4-6-8-21)14-15-25(26)28(29)32-33-30;1-6(2)4-5-7-3/h4-8,10-17,19,33H,2-3,9,18,30H2,1H3,(H2,29,32);6-7H,4-5H2,1-3H3. The summed E-state index contributed by atoms with van der Waals surface area (Å²) in [6.45, 7) is 8.35. The number of aldehydes is 1. The van der Waals surface area contributed by atoms with E-state index in [-0.39, 0.29) is 0 Å². The smallest absolute Gasteiger partial charge is 0.168 e. The summed E-state index contributed by atoms with van der Waals surface area (Å²) >= 11 is 0. The quantitative estimate of drug-likeness (QED) is 0.0536. The molecule has 3 aromatic carbocycles. The highest BCUT2D eigenvalue weighted by atomic mass is 16.1. The lowest BCUT2D eigenvalue weighted by molar-refractivity contribution is 0.111. The van der Waals surface area contributed by atoms with Crippen LogP contribution in [-0.4, -0.2) is 35.3 Å². The van der Waals surface area contributed by atoms with E-state index in [1.54, 1.807) is 6.20 Å². The maximum Gasteiger partial charge on any atom is 0.168 e. The second kappa shape index (κ2) is 16.9. The molecule has 0 atom stereocenters. The van der Waals surface area contributed by atoms with E-state index in [0.717, 1.165) is 77.2 Å². The number of nitrogens with zero attached hydrogens (tertiary/aromatic N) is 3. The predicted octanol–water partition coefficient (Wildman–Crippen LogP) is 5.76. The Balaban J connectivity index is 0.000000616. The number of carbonyl (C=O) groups excluding carboxylic acids is 1. The largest absolute Gasteiger partial charge is 0.382 e. The number of nitrogens with one attached hydrogen (secondary N) is 2. The molecular formula is C34H45N7O. The van der Waals surface area contributed by atoms with Crippen molar-refractivity contribution < 1.29 is 4.79 Å². The van der Waals surface area contributed by atoms with Gasteiger partial charge in [0, 0.05) is 18.5 Å². The van der Waals surface area contributed by atoms with Crippen molar-refractivity contribution in [3.8, 4) is 22.3 Å². The van der Waals surface area contributed by atoms with Gasteiger partial charge in [0.1, 0.15) is 11.5 Å². The molecule has 0 fully saturated rings. The van der Waals surface area contributed by atoms with Crippen LogP contribution >= 0.6 is 0 Å². The van der Waals surface area contributed by atoms with Gasteiger partial charge < -0.3 is 15.6 Å². The van der Waals surface area contributed by atoms with E-state index in [4.69, 9.17) is 11.6 Å². The fraction of sp³-hybridized carbons (Fsp3) is 0.324. The third-order valence-corrected chi connectivity index (χ3v) is 7.01. The summed E-state index contributed by atoms with van der Waals surface area (Å²) < 4.78 is 2.00. The van der Waals surface area contributed by atoms with Crippen LogP contribution in [0.3, 0.4) is 0 Å². The lowest BCUT2D eigenvalue weighted by Gasteiger charge is -2.14. The van der Waals surface area contributed by atoms with Gasteiger partial charge in [0.25, 0.3) is 0 Å². The molecule has 4 aromatic rings. The molecule has 1 aromatic heterocycles. The van der Waals surface area contributed by atoms with Gasteiger partial charge in [0.15, 0.2) is 12.1 Å². The van der Waals surface area contributed by atoms with Crippen LogP contribution in [0.5, 0.6) is 0 Å². The van der Waals surface area contributed by atoms with Crippen LogP contribution in [0.4, 0.5) is 0 Å². The van der Waals surface area contributed by atoms with Gasteiger partial charge in [0.2, 0.25) is 0 Å². The van der Waals surface area contributed by atoms with Crippen molar-refractivity contribution in [1.29, 1.82) is 0 Å². The van der Waals surface area contributed by atoms with Crippen LogP contribution in [0.1, 0.15) is 67.5 Å². The third-order valence-electron chi connectivity index (χ3n) is 7.01. The van der Waals surface area contributed by atoms with Gasteiger partial charge in [-0.3, -0.25) is 4.79 Å². The minimum absolute atomic E-state index is 0.306. The fourth-order valence-corrected chi connectivity index (χ4v) is 4.59. The van der Waals surface area contributed by atoms with Crippen molar-refractivity contribution in [1.82, 2.24) is 20.4 Å². The first-order valence-electron chi connectivity index (χ1n) is 14.6. The van der Waals surface area contributed by atoms with Crippen molar-refractivity contribution in [3.63, 3.8) is 0 Å². The fourth-order valence-electron chi connectivity index (χ4n) is 4.59. The summed E-state index contributed by atoms with van der Waals surface area (Å²) in [5.74, 6) is 7.46. The SMILES string of the molecule is CCCCc1ncc(C=O)n1Cc1ccc(-c2cc(-c3ccccc3)ccc2/C(N)=N/NN)cc1.CNCCC(C)C. The minimum Gasteiger partial charge on any atom is -0.382 e. The summed E-state index contributed by atoms with van der Waals surface area (Å²) in [6, 6.07) is 24.6. The molecular weight excluding hydrogens is 522 g/mol. The van der Waals surface area contributed by atoms with Crippen LogP contribution in [0.2, 0.25) is 0 Å². The number of hydrogen-bond acceptors (Lipinski definition) is 6. The van der Waals surface area contributed by atoms with E-state index in [1.165, 1.54) is 6.42 Å². The molecule has 6 N–H and O–H groups in total. The van der Waals surface area contributed by atoms with E-state index in [1.807, 2.05) is 41.9 Å². The molecule has 8 nitrogen and oxygen atoms in total. The van der Waals surface area contributed by atoms with E-state index in [2.05, 4.69) is 84.2 Å². The summed E-state index contributed by atoms with van der Waals surface area (Å²) in [7, 11) is 1.99. The Morgan fingerprint density at radius 1 is 1.02 bits per heavy atom. The number of nitrogens with two attached hydrogens (primary N) is 2. The van der Waals surface area contributed by atoms with E-state index in [9.17, 15) is 4.79 Å². The molecule has 0 saturated carbocycles. The number of unbranched alkanes of at least 4 members (excludes halogenated alkanes) is 1. The molecule has 42 heavy (non-hydrogen) atoms. The molecule has 0 spiro atoms. The van der Waals surface area contributed by atoms with Crippen molar-refractivity contribution in [2.45, 2.75) is 53.0 Å². The first kappa shape index (κ1) is 32.2. The summed E-state index contributed by atoms with van der Waals surface area (Å²) in [5, 5.41) is 7.08. The molecule has 1 heterocycles. The average Bonchev–Trinajstić information content (AvgIpc) is 3.40. The summed E-state index contributed by atoms with van der Waals surface area (Å²) in [5.41, 5.74) is 15.1. The van der Waals surface area contributed by atoms with Gasteiger partial charge in [-0.05, 0) is 72.3 Å². The predicted molar refractivity (Wildman–Crippen MR) is 174 cm³/mol. The molecule has 0 aliphatic heterocycles. The molecule has 0 bridgehead atoms. The van der Waals surface area contributed by atoms with Crippen molar-refractivity contribution in [2.75, 3.05) is 13.6 Å². The van der Waals surface area contributed by atoms with Gasteiger partial charge in [-0.25, -0.2) is 16.4 Å². The van der Waals surface area contributed by atoms with Crippen LogP contribution in [0.15, 0.2) is 84.1 Å². The van der Waals surface area contributed by atoms with Crippen LogP contribution < -0.4 is 22.4 Å². The average molecular weight is 568 g/mol. The number of benzene rings is 3. The Morgan fingerprint density at radius 2 is 1.74 bits per heavy atom. The normalized spacial score (nSPS) is 11.2. The number of hydrazine groups is 1. The molecule has 222 valence electrons. The number of rotatable bonds is 13. The number of aromatic nitrogens is 2. The number of hydrogen-bond donors (Lipinski definition) is 4. The van der Waals surface area contributed by atoms with Gasteiger partial charge in [-0.15, -0.1) is 5.10 Å². The number of hydrazone groups is 1. The van der Waals surface area contributed by atoms with Crippen molar-refractivity contribution in [2.24, 2.45) is 22.6 Å². The number of imidazole rings is 1. The monoisotopic (exact) mass is 567 g/mol. The number of carbonyl (C=O) groups is 1. The number of amidine groups is 1. The highest BCUT2D eigenvalue weighted by molar-refractivity contribution is 6.04. The van der Waals surface area contributed by atoms with Gasteiger partial charge in [0.05, 0.1) is 6.20 Å². The first-order valence-corrected chi connectivity index (χ1v) is 14.6. The summed E-state index contributed by atoms with van der Waals surface area (Å²) in [6.07, 6.45) is 6.78. The molecule has 0 aliphatic carbocycles. The van der Waals surface area contributed by atoms with Gasteiger partial charge >= 0.3 is 0 Å². The number of aryl methyl sites for hydroxylation is 1. The zero-order chi connectivity index (χ0) is 30.3. The van der Waals surface area contributed by atoms with Gasteiger partial charge in [-0.1, -0.05) is 87.9 Å². The molecule has 0 saturated heterocycles. The van der Waals surface area contributed by atoms with Gasteiger partial charge in [-0.2, -0.15) is 0 Å². The lowest BCUT2D eigenvalue weighted by atomic mass is 9.93. The second-order valence-electron chi connectivity index (χ2n) is 10.6. The summed E-state index contributed by atoms with van der Waals surface area (Å²) in [4.78, 5) is 16.0. The molecule has 0 unspecified atom stereocenters. The minimum atomic E-state index is 0.306. The highest BCUT2D eigenvalue weighted by Crippen LogP contribution is 2.30. The third kappa shape index (κ3) is 9.12. The molecule has 0 amide bonds. The topological polar surface area (TPSA) is 123 Å². The molecule has 4 rings (SSSR count). The van der Waals surface area contributed by atoms with Crippen molar-refractivity contribution in [3.05, 3.63) is 102 Å². The lowest BCUT2D eigenvalue weighted by Crippen LogP contribution is -2.23. The van der Waals surface area contributed by atoms with E-state index < -0.39 is 0 Å². The molecule has 8 heteroatoms. The Kier molecular flexibility index (Phi) is 12.9. The Bertz CT molecular complexity index is 1410. The Labute approximate surface area is 250 Å². The van der Waals surface area contributed by atoms with Crippen LogP contribution in [0, 0.1) is 5.92 Å². The maximum atomic E-state index is 11.5. The van der Waals surface area contributed by atoms with E-state index in [0.29, 0.717) is 18.1 Å². The second-order valence-corrected chi connectivity index (χ2v) is 10.6. The zero-order valence-corrected chi connectivity index (χ0v) is 25.3. The molecule has 0 radical (unpaired) electrons. The maximum absolute atomic E-state index is 11.5. The zero-order valence-electron chi connectivity index (χ0n) is 25.3. The Hall–Kier alpha value is -4.27. The van der Waals surface area contributed by atoms with Crippen LogP contribution in [0.25, 0.3) is 22.3 Å². The highest BCUT2D eigenvalue weighted by Gasteiger charge is 2.13. The first-order chi connectivity index (χ1) is 20.4. The Morgan fingerprint density at radius 3 is 2.33 bits per heavy atom. The molecule has 0 aliphatic rings. The van der Waals surface area contributed by atoms with Crippen molar-refractivity contribution >= 4 is 12.1 Å². The van der Waals surface area contributed by atoms with Crippen LogP contribution in [-0.2, 0) is 13.0 Å². The van der Waals surface area contributed by atoms with E-state index >= 15 is 0 Å².